The molecule has 0 bridgehead atoms. The normalized spacial score (nSPS) is 18.3. The average molecular weight is 346 g/mol. The van der Waals surface area contributed by atoms with Crippen LogP contribution in [0.3, 0.4) is 0 Å². The molecule has 130 valence electrons. The van der Waals surface area contributed by atoms with Gasteiger partial charge in [-0.15, -0.1) is 0 Å². The van der Waals surface area contributed by atoms with Gasteiger partial charge in [-0.25, -0.2) is 0 Å². The monoisotopic (exact) mass is 346 g/mol. The van der Waals surface area contributed by atoms with Crippen molar-refractivity contribution in [2.75, 3.05) is 0 Å². The fourth-order valence-corrected chi connectivity index (χ4v) is 3.41. The molecule has 26 heavy (non-hydrogen) atoms. The van der Waals surface area contributed by atoms with Crippen LogP contribution >= 0.6 is 0 Å². The second-order valence-electron chi connectivity index (χ2n) is 6.40. The van der Waals surface area contributed by atoms with E-state index >= 15 is 0 Å². The van der Waals surface area contributed by atoms with Crippen molar-refractivity contribution in [1.82, 2.24) is 10.3 Å². The molecular weight excluding hydrogens is 328 g/mol. The Morgan fingerprint density at radius 3 is 2.50 bits per heavy atom. The summed E-state index contributed by atoms with van der Waals surface area (Å²) in [5.74, 6) is -0.494. The molecule has 0 saturated heterocycles. The molecule has 4 rings (SSSR count). The first-order valence-electron chi connectivity index (χ1n) is 8.49. The van der Waals surface area contributed by atoms with E-state index in [2.05, 4.69) is 10.3 Å². The quantitative estimate of drug-likeness (QED) is 0.681. The van der Waals surface area contributed by atoms with Gasteiger partial charge in [0.25, 0.3) is 11.5 Å². The number of carbonyl (C=O) groups is 1. The predicted octanol–water partition coefficient (Wildman–Crippen LogP) is 2.43. The number of aromatic nitrogens is 1. The molecule has 1 amide bonds. The number of hydrogen-bond donors (Lipinski definition) is 3. The molecule has 0 radical (unpaired) electrons. The molecule has 3 N–H and O–H groups in total. The lowest BCUT2D eigenvalue weighted by molar-refractivity contribution is 0.0856. The highest BCUT2D eigenvalue weighted by atomic mass is 16.3. The Hall–Kier alpha value is -3.18. The van der Waals surface area contributed by atoms with E-state index in [0.29, 0.717) is 12.1 Å². The van der Waals surface area contributed by atoms with Crippen LogP contribution in [-0.4, -0.2) is 22.1 Å². The average Bonchev–Trinajstić information content (AvgIpc) is 2.98. The third-order valence-corrected chi connectivity index (χ3v) is 4.73. The molecule has 1 aromatic heterocycles. The van der Waals surface area contributed by atoms with E-state index in [4.69, 9.17) is 0 Å². The third-order valence-electron chi connectivity index (χ3n) is 4.73. The standard InChI is InChI=1S/C21H18N2O3/c24-18-12-14-8-4-5-9-15(14)19(18)23-21(26)16-10-11-17(22-20(16)25)13-6-2-1-3-7-13/h1-11,18-19,24H,12H2,(H,22,25)(H,23,26)/t18-,19-/m1/s1. The highest BCUT2D eigenvalue weighted by molar-refractivity contribution is 5.94. The number of rotatable bonds is 3. The SMILES string of the molecule is O=C(N[C@@H]1c2ccccc2C[C@H]1O)c1ccc(-c2ccccc2)[nH]c1=O. The summed E-state index contributed by atoms with van der Waals surface area (Å²) in [6.07, 6.45) is -0.205. The lowest BCUT2D eigenvalue weighted by atomic mass is 10.1. The van der Waals surface area contributed by atoms with Gasteiger partial charge in [-0.1, -0.05) is 54.6 Å². The van der Waals surface area contributed by atoms with Gasteiger partial charge in [-0.05, 0) is 28.8 Å². The molecule has 0 aliphatic heterocycles. The Morgan fingerprint density at radius 2 is 1.73 bits per heavy atom. The van der Waals surface area contributed by atoms with Gasteiger partial charge in [0.15, 0.2) is 0 Å². The van der Waals surface area contributed by atoms with Crippen molar-refractivity contribution in [2.24, 2.45) is 0 Å². The highest BCUT2D eigenvalue weighted by Gasteiger charge is 2.32. The lowest BCUT2D eigenvalue weighted by Crippen LogP contribution is -2.36. The first kappa shape index (κ1) is 16.3. The predicted molar refractivity (Wildman–Crippen MR) is 98.9 cm³/mol. The molecule has 0 fully saturated rings. The summed E-state index contributed by atoms with van der Waals surface area (Å²) < 4.78 is 0. The van der Waals surface area contributed by atoms with Gasteiger partial charge in [0, 0.05) is 12.1 Å². The van der Waals surface area contributed by atoms with Gasteiger partial charge in [-0.3, -0.25) is 9.59 Å². The molecule has 2 aromatic carbocycles. The second-order valence-corrected chi connectivity index (χ2v) is 6.40. The number of aliphatic hydroxyl groups is 1. The highest BCUT2D eigenvalue weighted by Crippen LogP contribution is 2.31. The number of benzene rings is 2. The minimum atomic E-state index is -0.695. The smallest absolute Gasteiger partial charge is 0.261 e. The van der Waals surface area contributed by atoms with Crippen LogP contribution in [0.2, 0.25) is 0 Å². The zero-order chi connectivity index (χ0) is 18.1. The summed E-state index contributed by atoms with van der Waals surface area (Å²) in [5, 5.41) is 13.1. The molecule has 0 saturated carbocycles. The molecular formula is C21H18N2O3. The van der Waals surface area contributed by atoms with E-state index in [1.54, 1.807) is 6.07 Å². The van der Waals surface area contributed by atoms with Crippen LogP contribution in [-0.2, 0) is 6.42 Å². The van der Waals surface area contributed by atoms with Gasteiger partial charge in [0.2, 0.25) is 0 Å². The molecule has 5 heteroatoms. The van der Waals surface area contributed by atoms with Gasteiger partial charge in [-0.2, -0.15) is 0 Å². The first-order chi connectivity index (χ1) is 12.6. The number of H-pyrrole nitrogens is 1. The van der Waals surface area contributed by atoms with E-state index < -0.39 is 23.6 Å². The Labute approximate surface area is 150 Å². The number of hydrogen-bond acceptors (Lipinski definition) is 3. The van der Waals surface area contributed by atoms with Crippen LogP contribution in [0.25, 0.3) is 11.3 Å². The van der Waals surface area contributed by atoms with Crippen molar-refractivity contribution >= 4 is 5.91 Å². The van der Waals surface area contributed by atoms with Crippen molar-refractivity contribution in [3.8, 4) is 11.3 Å². The van der Waals surface area contributed by atoms with E-state index in [0.717, 1.165) is 16.7 Å². The Kier molecular flexibility index (Phi) is 4.14. The zero-order valence-electron chi connectivity index (χ0n) is 14.0. The fraction of sp³-hybridized carbons (Fsp3) is 0.143. The van der Waals surface area contributed by atoms with Gasteiger partial charge >= 0.3 is 0 Å². The van der Waals surface area contributed by atoms with Gasteiger partial charge in [0.05, 0.1) is 12.1 Å². The van der Waals surface area contributed by atoms with Crippen molar-refractivity contribution in [1.29, 1.82) is 0 Å². The summed E-state index contributed by atoms with van der Waals surface area (Å²) in [4.78, 5) is 27.7. The number of amides is 1. The fourth-order valence-electron chi connectivity index (χ4n) is 3.41. The van der Waals surface area contributed by atoms with Gasteiger partial charge < -0.3 is 15.4 Å². The summed E-state index contributed by atoms with van der Waals surface area (Å²) in [6, 6.07) is 19.8. The van der Waals surface area contributed by atoms with Gasteiger partial charge in [0.1, 0.15) is 5.56 Å². The summed E-state index contributed by atoms with van der Waals surface area (Å²) in [6.45, 7) is 0. The third kappa shape index (κ3) is 2.93. The van der Waals surface area contributed by atoms with Crippen LogP contribution in [0.15, 0.2) is 71.5 Å². The Morgan fingerprint density at radius 1 is 1.00 bits per heavy atom. The lowest BCUT2D eigenvalue weighted by Gasteiger charge is -2.17. The van der Waals surface area contributed by atoms with Crippen LogP contribution in [0.1, 0.15) is 27.5 Å². The molecule has 1 aliphatic carbocycles. The van der Waals surface area contributed by atoms with E-state index in [9.17, 15) is 14.7 Å². The number of carbonyl (C=O) groups excluding carboxylic acids is 1. The van der Waals surface area contributed by atoms with Crippen molar-refractivity contribution in [3.05, 3.63) is 93.8 Å². The van der Waals surface area contributed by atoms with Crippen LogP contribution in [0.5, 0.6) is 0 Å². The second kappa shape index (κ2) is 6.61. The summed E-state index contributed by atoms with van der Waals surface area (Å²) >= 11 is 0. The number of fused-ring (bicyclic) bond motifs is 1. The topological polar surface area (TPSA) is 82.2 Å². The minimum Gasteiger partial charge on any atom is -0.390 e. The van der Waals surface area contributed by atoms with Crippen molar-refractivity contribution in [3.63, 3.8) is 0 Å². The summed E-state index contributed by atoms with van der Waals surface area (Å²) in [5.41, 5.74) is 3.00. The molecule has 3 aromatic rings. The number of aromatic amines is 1. The van der Waals surface area contributed by atoms with E-state index in [-0.39, 0.29) is 5.56 Å². The van der Waals surface area contributed by atoms with Crippen LogP contribution in [0, 0.1) is 0 Å². The molecule has 1 heterocycles. The van der Waals surface area contributed by atoms with Crippen LogP contribution < -0.4 is 10.9 Å². The summed E-state index contributed by atoms with van der Waals surface area (Å²) in [7, 11) is 0. The van der Waals surface area contributed by atoms with Crippen LogP contribution in [0.4, 0.5) is 0 Å². The minimum absolute atomic E-state index is 0.0289. The molecule has 0 unspecified atom stereocenters. The maximum atomic E-state index is 12.6. The number of nitrogens with one attached hydrogen (secondary N) is 2. The van der Waals surface area contributed by atoms with Crippen molar-refractivity contribution < 1.29 is 9.90 Å². The first-order valence-corrected chi connectivity index (χ1v) is 8.49. The van der Waals surface area contributed by atoms with E-state index in [1.807, 2.05) is 54.6 Å². The maximum absolute atomic E-state index is 12.6. The van der Waals surface area contributed by atoms with Crippen molar-refractivity contribution in [2.45, 2.75) is 18.6 Å². The molecule has 1 aliphatic rings. The largest absolute Gasteiger partial charge is 0.390 e. The van der Waals surface area contributed by atoms with E-state index in [1.165, 1.54) is 6.07 Å². The number of aliphatic hydroxyl groups excluding tert-OH is 1. The molecule has 2 atom stereocenters. The molecule has 5 nitrogen and oxygen atoms in total. The Balaban J connectivity index is 1.59. The zero-order valence-corrected chi connectivity index (χ0v) is 14.0. The maximum Gasteiger partial charge on any atom is 0.261 e. The molecule has 0 spiro atoms. The number of pyridine rings is 1. The Bertz CT molecular complexity index is 1010.